The molecule has 0 aliphatic carbocycles. The second-order valence-corrected chi connectivity index (χ2v) is 9.06. The van der Waals surface area contributed by atoms with Crippen LogP contribution < -0.4 is 27.1 Å². The minimum atomic E-state index is -0.993. The zero-order chi connectivity index (χ0) is 25.1. The van der Waals surface area contributed by atoms with Gasteiger partial charge in [0.15, 0.2) is 0 Å². The van der Waals surface area contributed by atoms with Gasteiger partial charge in [0, 0.05) is 29.0 Å². The van der Waals surface area contributed by atoms with E-state index in [0.29, 0.717) is 30.9 Å². The van der Waals surface area contributed by atoms with Crippen LogP contribution in [0, 0.1) is 17.7 Å². The SMILES string of the molecule is CC(C)CC(C(=O)NO)C(=O)Nc1ccc(CN(N)/C=C(\N)CNSc2ccc(F)cc2)cc1. The predicted octanol–water partition coefficient (Wildman–Crippen LogP) is 2.70. The number of rotatable bonds is 12. The first-order valence-corrected chi connectivity index (χ1v) is 11.5. The van der Waals surface area contributed by atoms with Gasteiger partial charge in [-0.05, 0) is 66.2 Å². The van der Waals surface area contributed by atoms with Gasteiger partial charge in [-0.25, -0.2) is 15.7 Å². The molecule has 8 N–H and O–H groups in total. The van der Waals surface area contributed by atoms with Crippen LogP contribution in [0.15, 0.2) is 65.3 Å². The van der Waals surface area contributed by atoms with Gasteiger partial charge in [-0.3, -0.25) is 19.5 Å². The Hall–Kier alpha value is -3.12. The normalized spacial score (nSPS) is 12.4. The van der Waals surface area contributed by atoms with Crippen LogP contribution >= 0.6 is 11.9 Å². The topological polar surface area (TPSA) is 146 Å². The summed E-state index contributed by atoms with van der Waals surface area (Å²) in [7, 11) is 0. The number of carbonyl (C=O) groups excluding carboxylic acids is 2. The molecule has 9 nitrogen and oxygen atoms in total. The summed E-state index contributed by atoms with van der Waals surface area (Å²) in [5, 5.41) is 13.0. The first-order valence-electron chi connectivity index (χ1n) is 10.6. The quantitative estimate of drug-likeness (QED) is 0.0876. The maximum absolute atomic E-state index is 12.9. The molecule has 0 radical (unpaired) electrons. The van der Waals surface area contributed by atoms with E-state index >= 15 is 0 Å². The second-order valence-electron chi connectivity index (χ2n) is 8.10. The molecule has 184 valence electrons. The van der Waals surface area contributed by atoms with Crippen molar-refractivity contribution in [2.75, 3.05) is 11.9 Å². The van der Waals surface area contributed by atoms with E-state index in [0.717, 1.165) is 10.5 Å². The summed E-state index contributed by atoms with van der Waals surface area (Å²) in [4.78, 5) is 25.1. The Morgan fingerprint density at radius 1 is 1.12 bits per heavy atom. The van der Waals surface area contributed by atoms with Gasteiger partial charge in [0.1, 0.15) is 11.7 Å². The average Bonchev–Trinajstić information content (AvgIpc) is 2.79. The van der Waals surface area contributed by atoms with Crippen molar-refractivity contribution in [2.24, 2.45) is 23.4 Å². The van der Waals surface area contributed by atoms with E-state index in [1.165, 1.54) is 29.1 Å². The van der Waals surface area contributed by atoms with Crippen molar-refractivity contribution in [1.82, 2.24) is 15.2 Å². The molecule has 0 aliphatic heterocycles. The molecule has 2 aromatic rings. The van der Waals surface area contributed by atoms with Crippen LogP contribution in [-0.2, 0) is 16.1 Å². The van der Waals surface area contributed by atoms with Crippen LogP contribution in [0.2, 0.25) is 0 Å². The lowest BCUT2D eigenvalue weighted by Crippen LogP contribution is -2.37. The van der Waals surface area contributed by atoms with Crippen molar-refractivity contribution in [3.8, 4) is 0 Å². The molecule has 0 aliphatic rings. The zero-order valence-electron chi connectivity index (χ0n) is 19.1. The number of hydrogen-bond acceptors (Lipinski definition) is 8. The van der Waals surface area contributed by atoms with Crippen molar-refractivity contribution in [2.45, 2.75) is 31.7 Å². The summed E-state index contributed by atoms with van der Waals surface area (Å²) >= 11 is 1.33. The fourth-order valence-electron chi connectivity index (χ4n) is 3.03. The molecular weight excluding hydrogens is 459 g/mol. The summed E-state index contributed by atoms with van der Waals surface area (Å²) in [6.45, 7) is 4.53. The van der Waals surface area contributed by atoms with E-state index in [1.807, 2.05) is 13.8 Å². The fourth-order valence-corrected chi connectivity index (χ4v) is 3.70. The van der Waals surface area contributed by atoms with Crippen molar-refractivity contribution in [3.05, 3.63) is 71.8 Å². The first kappa shape index (κ1) is 27.1. The van der Waals surface area contributed by atoms with E-state index in [1.54, 1.807) is 48.1 Å². The Balaban J connectivity index is 1.84. The molecule has 1 atom stereocenters. The highest BCUT2D eigenvalue weighted by Crippen LogP contribution is 2.17. The van der Waals surface area contributed by atoms with Crippen molar-refractivity contribution < 1.29 is 19.2 Å². The van der Waals surface area contributed by atoms with E-state index in [4.69, 9.17) is 16.8 Å². The number of halogens is 1. The predicted molar refractivity (Wildman–Crippen MR) is 130 cm³/mol. The number of carbonyl (C=O) groups is 2. The van der Waals surface area contributed by atoms with Gasteiger partial charge in [0.25, 0.3) is 5.91 Å². The van der Waals surface area contributed by atoms with Crippen LogP contribution in [0.5, 0.6) is 0 Å². The number of anilines is 1. The molecule has 0 aromatic heterocycles. The number of nitrogens with zero attached hydrogens (tertiary/aromatic N) is 1. The third-order valence-electron chi connectivity index (χ3n) is 4.65. The van der Waals surface area contributed by atoms with Crippen LogP contribution in [0.3, 0.4) is 0 Å². The zero-order valence-corrected chi connectivity index (χ0v) is 19.9. The van der Waals surface area contributed by atoms with Gasteiger partial charge >= 0.3 is 0 Å². The van der Waals surface area contributed by atoms with E-state index in [-0.39, 0.29) is 11.7 Å². The maximum Gasteiger partial charge on any atom is 0.255 e. The fraction of sp³-hybridized carbons (Fsp3) is 0.304. The Morgan fingerprint density at radius 2 is 1.76 bits per heavy atom. The largest absolute Gasteiger partial charge is 0.400 e. The number of hydroxylamine groups is 1. The second kappa shape index (κ2) is 13.6. The average molecular weight is 491 g/mol. The lowest BCUT2D eigenvalue weighted by atomic mass is 9.95. The smallest absolute Gasteiger partial charge is 0.255 e. The number of nitrogens with one attached hydrogen (secondary N) is 3. The molecule has 0 spiro atoms. The summed E-state index contributed by atoms with van der Waals surface area (Å²) in [5.41, 5.74) is 9.47. The van der Waals surface area contributed by atoms with Crippen molar-refractivity contribution >= 4 is 29.4 Å². The maximum atomic E-state index is 12.9. The van der Waals surface area contributed by atoms with Gasteiger partial charge in [0.2, 0.25) is 5.91 Å². The molecule has 0 heterocycles. The molecule has 11 heteroatoms. The molecule has 2 rings (SSSR count). The molecule has 0 saturated carbocycles. The lowest BCUT2D eigenvalue weighted by Gasteiger charge is -2.18. The molecule has 0 bridgehead atoms. The van der Waals surface area contributed by atoms with E-state index in [2.05, 4.69) is 10.0 Å². The summed E-state index contributed by atoms with van der Waals surface area (Å²) in [6.07, 6.45) is 1.92. The minimum absolute atomic E-state index is 0.100. The molecular formula is C23H31FN6O3S. The number of nitrogens with two attached hydrogens (primary N) is 2. The van der Waals surface area contributed by atoms with Crippen LogP contribution in [0.25, 0.3) is 0 Å². The monoisotopic (exact) mass is 490 g/mol. The van der Waals surface area contributed by atoms with Gasteiger partial charge in [0.05, 0.1) is 6.54 Å². The van der Waals surface area contributed by atoms with Crippen LogP contribution in [0.1, 0.15) is 25.8 Å². The van der Waals surface area contributed by atoms with E-state index < -0.39 is 17.7 Å². The Kier molecular flexibility index (Phi) is 10.8. The standard InChI is InChI=1S/C23H31FN6O3S/c1-15(2)11-21(23(32)29-33)22(31)28-19-7-3-16(4-8-19)13-30(26)14-18(25)12-27-34-20-9-5-17(24)6-10-20/h3-10,14-15,21,27,33H,11-13,25-26H2,1-2H3,(H,28,31)(H,29,32)/b18-14-. The number of hydrazine groups is 1. The van der Waals surface area contributed by atoms with Gasteiger partial charge in [-0.1, -0.05) is 26.0 Å². The van der Waals surface area contributed by atoms with Gasteiger partial charge < -0.3 is 16.1 Å². The Bertz CT molecular complexity index is 970. The third-order valence-corrected chi connectivity index (χ3v) is 5.45. The number of amides is 2. The van der Waals surface area contributed by atoms with Gasteiger partial charge in [-0.15, -0.1) is 0 Å². The molecule has 0 saturated heterocycles. The summed E-state index contributed by atoms with van der Waals surface area (Å²) < 4.78 is 16.0. The summed E-state index contributed by atoms with van der Waals surface area (Å²) in [5.74, 6) is 3.61. The summed E-state index contributed by atoms with van der Waals surface area (Å²) in [6, 6.07) is 13.1. The molecule has 1 unspecified atom stereocenters. The third kappa shape index (κ3) is 9.40. The first-order chi connectivity index (χ1) is 16.2. The molecule has 34 heavy (non-hydrogen) atoms. The Morgan fingerprint density at radius 3 is 2.35 bits per heavy atom. The lowest BCUT2D eigenvalue weighted by molar-refractivity contribution is -0.139. The molecule has 2 amide bonds. The highest BCUT2D eigenvalue weighted by molar-refractivity contribution is 7.97. The van der Waals surface area contributed by atoms with Gasteiger partial charge in [-0.2, -0.15) is 0 Å². The minimum Gasteiger partial charge on any atom is -0.400 e. The molecule has 0 fully saturated rings. The highest BCUT2D eigenvalue weighted by Gasteiger charge is 2.27. The van der Waals surface area contributed by atoms with Crippen molar-refractivity contribution in [1.29, 1.82) is 0 Å². The van der Waals surface area contributed by atoms with Crippen molar-refractivity contribution in [3.63, 3.8) is 0 Å². The molecule has 2 aromatic carbocycles. The highest BCUT2D eigenvalue weighted by atomic mass is 32.2. The Labute approximate surface area is 202 Å². The van der Waals surface area contributed by atoms with E-state index in [9.17, 15) is 14.0 Å². The number of benzene rings is 2. The van der Waals surface area contributed by atoms with Crippen LogP contribution in [0.4, 0.5) is 10.1 Å². The number of hydrogen-bond donors (Lipinski definition) is 6. The van der Waals surface area contributed by atoms with Crippen LogP contribution in [-0.4, -0.2) is 28.6 Å².